The van der Waals surface area contributed by atoms with Crippen LogP contribution in [-0.2, 0) is 0 Å². The van der Waals surface area contributed by atoms with Crippen LogP contribution < -0.4 is 0 Å². The van der Waals surface area contributed by atoms with Crippen molar-refractivity contribution in [3.05, 3.63) is 0 Å². The molecule has 0 heterocycles. The van der Waals surface area contributed by atoms with Crippen molar-refractivity contribution in [1.82, 2.24) is 0 Å². The minimum absolute atomic E-state index is 0.0370. The quantitative estimate of drug-likeness (QED) is 0.644. The van der Waals surface area contributed by atoms with E-state index in [9.17, 15) is 0 Å². The van der Waals surface area contributed by atoms with Gasteiger partial charge in [0.25, 0.3) is 0 Å². The summed E-state index contributed by atoms with van der Waals surface area (Å²) < 4.78 is 0. The molecule has 0 aliphatic heterocycles. The lowest BCUT2D eigenvalue weighted by Crippen LogP contribution is -2.48. The molecule has 3 fully saturated rings. The average molecular weight is 309 g/mol. The second kappa shape index (κ2) is 7.24. The third-order valence-corrected chi connectivity index (χ3v) is 7.85. The van der Waals surface area contributed by atoms with E-state index in [-0.39, 0.29) is 6.10 Å². The first-order valence-corrected chi connectivity index (χ1v) is 9.97. The third-order valence-electron chi connectivity index (χ3n) is 7.85. The summed E-state index contributed by atoms with van der Waals surface area (Å²) in [4.78, 5) is 0. The highest BCUT2D eigenvalue weighted by molar-refractivity contribution is 5.00. The molecule has 22 heavy (non-hydrogen) atoms. The highest BCUT2D eigenvalue weighted by Crippen LogP contribution is 2.59. The van der Waals surface area contributed by atoms with Crippen LogP contribution in [0.25, 0.3) is 0 Å². The summed E-state index contributed by atoms with van der Waals surface area (Å²) in [6.07, 6.45) is 14.3. The molecule has 3 aliphatic rings. The molecule has 0 aromatic rings. The SMILES string of the molecule is CC(O)C1CC1.CC1CCCC(C)(C2CCCCC2)C1(C)C. The topological polar surface area (TPSA) is 20.2 Å². The molecule has 1 nitrogen and oxygen atoms in total. The summed E-state index contributed by atoms with van der Waals surface area (Å²) in [6.45, 7) is 12.0. The predicted octanol–water partition coefficient (Wildman–Crippen LogP) is 6.20. The van der Waals surface area contributed by atoms with E-state index in [0.29, 0.717) is 16.7 Å². The summed E-state index contributed by atoms with van der Waals surface area (Å²) in [5.74, 6) is 2.58. The largest absolute Gasteiger partial charge is 0.393 e. The number of rotatable bonds is 2. The molecule has 130 valence electrons. The van der Waals surface area contributed by atoms with Gasteiger partial charge in [-0.05, 0) is 67.6 Å². The van der Waals surface area contributed by atoms with Crippen molar-refractivity contribution in [2.45, 2.75) is 105 Å². The summed E-state index contributed by atoms with van der Waals surface area (Å²) in [7, 11) is 0. The Labute approximate surface area is 139 Å². The van der Waals surface area contributed by atoms with Crippen LogP contribution in [0.2, 0.25) is 0 Å². The second-order valence-electron chi connectivity index (χ2n) is 9.35. The van der Waals surface area contributed by atoms with Gasteiger partial charge in [-0.2, -0.15) is 0 Å². The minimum Gasteiger partial charge on any atom is -0.393 e. The monoisotopic (exact) mass is 308 g/mol. The van der Waals surface area contributed by atoms with Gasteiger partial charge in [-0.15, -0.1) is 0 Å². The Morgan fingerprint density at radius 3 is 1.91 bits per heavy atom. The average Bonchev–Trinajstić information content (AvgIpc) is 3.31. The summed E-state index contributed by atoms with van der Waals surface area (Å²) in [6, 6.07) is 0. The lowest BCUT2D eigenvalue weighted by atomic mass is 9.48. The first-order chi connectivity index (χ1) is 10.3. The van der Waals surface area contributed by atoms with Crippen molar-refractivity contribution in [2.75, 3.05) is 0 Å². The van der Waals surface area contributed by atoms with Crippen LogP contribution in [0.1, 0.15) is 98.8 Å². The fourth-order valence-electron chi connectivity index (χ4n) is 5.07. The normalized spacial score (nSPS) is 37.1. The Morgan fingerprint density at radius 2 is 1.45 bits per heavy atom. The summed E-state index contributed by atoms with van der Waals surface area (Å²) >= 11 is 0. The molecule has 0 amide bonds. The van der Waals surface area contributed by atoms with Gasteiger partial charge in [-0.1, -0.05) is 59.8 Å². The molecule has 1 heteroatoms. The molecule has 3 saturated carbocycles. The van der Waals surface area contributed by atoms with Crippen LogP contribution in [0.3, 0.4) is 0 Å². The Bertz CT molecular complexity index is 336. The fraction of sp³-hybridized carbons (Fsp3) is 1.00. The zero-order valence-corrected chi connectivity index (χ0v) is 15.8. The van der Waals surface area contributed by atoms with Crippen LogP contribution in [-0.4, -0.2) is 11.2 Å². The smallest absolute Gasteiger partial charge is 0.0540 e. The van der Waals surface area contributed by atoms with Crippen LogP contribution in [0.5, 0.6) is 0 Å². The number of aliphatic hydroxyl groups excluding tert-OH is 1. The zero-order valence-electron chi connectivity index (χ0n) is 15.8. The van der Waals surface area contributed by atoms with Gasteiger partial charge < -0.3 is 5.11 Å². The maximum Gasteiger partial charge on any atom is 0.0540 e. The summed E-state index contributed by atoms with van der Waals surface area (Å²) in [5, 5.41) is 8.69. The third kappa shape index (κ3) is 3.89. The number of aliphatic hydroxyl groups is 1. The van der Waals surface area contributed by atoms with E-state index in [4.69, 9.17) is 5.11 Å². The number of hydrogen-bond donors (Lipinski definition) is 1. The van der Waals surface area contributed by atoms with Gasteiger partial charge in [0.2, 0.25) is 0 Å². The van der Waals surface area contributed by atoms with Crippen LogP contribution in [0.4, 0.5) is 0 Å². The van der Waals surface area contributed by atoms with E-state index < -0.39 is 0 Å². The first-order valence-electron chi connectivity index (χ1n) is 9.97. The van der Waals surface area contributed by atoms with Gasteiger partial charge in [0.15, 0.2) is 0 Å². The molecule has 0 bridgehead atoms. The lowest BCUT2D eigenvalue weighted by Gasteiger charge is -2.57. The van der Waals surface area contributed by atoms with Crippen LogP contribution in [0.15, 0.2) is 0 Å². The highest BCUT2D eigenvalue weighted by Gasteiger charge is 2.50. The molecule has 0 aromatic heterocycles. The molecule has 3 rings (SSSR count). The second-order valence-corrected chi connectivity index (χ2v) is 9.35. The van der Waals surface area contributed by atoms with Gasteiger partial charge >= 0.3 is 0 Å². The highest BCUT2D eigenvalue weighted by atomic mass is 16.3. The molecule has 0 saturated heterocycles. The van der Waals surface area contributed by atoms with Crippen molar-refractivity contribution in [3.8, 4) is 0 Å². The van der Waals surface area contributed by atoms with Crippen LogP contribution in [0, 0.1) is 28.6 Å². The van der Waals surface area contributed by atoms with Gasteiger partial charge in [-0.25, -0.2) is 0 Å². The Morgan fingerprint density at radius 1 is 0.864 bits per heavy atom. The molecule has 3 aliphatic carbocycles. The van der Waals surface area contributed by atoms with Gasteiger partial charge in [-0.3, -0.25) is 0 Å². The fourth-order valence-corrected chi connectivity index (χ4v) is 5.07. The standard InChI is InChI=1S/C16H30.C5H10O/c1-13-9-8-12-16(4,15(13,2)3)14-10-6-5-7-11-14;1-4(6)5-2-3-5/h13-14H,5-12H2,1-4H3;4-6H,2-3H2,1H3. The molecular weight excluding hydrogens is 268 g/mol. The number of hydrogen-bond acceptors (Lipinski definition) is 1. The van der Waals surface area contributed by atoms with E-state index in [1.54, 1.807) is 0 Å². The maximum atomic E-state index is 8.69. The molecule has 1 N–H and O–H groups in total. The van der Waals surface area contributed by atoms with E-state index in [1.165, 1.54) is 64.2 Å². The molecule has 0 radical (unpaired) electrons. The van der Waals surface area contributed by atoms with Crippen LogP contribution >= 0.6 is 0 Å². The molecule has 3 atom stereocenters. The molecular formula is C21H40O. The lowest BCUT2D eigenvalue weighted by molar-refractivity contribution is -0.0720. The van der Waals surface area contributed by atoms with Crippen molar-refractivity contribution in [1.29, 1.82) is 0 Å². The Kier molecular flexibility index (Phi) is 6.02. The van der Waals surface area contributed by atoms with Crippen molar-refractivity contribution < 1.29 is 5.11 Å². The van der Waals surface area contributed by atoms with Crippen molar-refractivity contribution >= 4 is 0 Å². The van der Waals surface area contributed by atoms with E-state index in [2.05, 4.69) is 27.7 Å². The van der Waals surface area contributed by atoms with E-state index in [0.717, 1.165) is 11.8 Å². The zero-order chi connectivity index (χ0) is 16.4. The molecule has 0 spiro atoms. The Hall–Kier alpha value is -0.0400. The van der Waals surface area contributed by atoms with E-state index in [1.807, 2.05) is 6.92 Å². The summed E-state index contributed by atoms with van der Waals surface area (Å²) in [5.41, 5.74) is 1.17. The van der Waals surface area contributed by atoms with E-state index >= 15 is 0 Å². The Balaban J connectivity index is 0.000000246. The van der Waals surface area contributed by atoms with Crippen molar-refractivity contribution in [2.24, 2.45) is 28.6 Å². The molecule has 0 aromatic carbocycles. The van der Waals surface area contributed by atoms with Gasteiger partial charge in [0, 0.05) is 0 Å². The van der Waals surface area contributed by atoms with Gasteiger partial charge in [0.1, 0.15) is 0 Å². The molecule has 3 unspecified atom stereocenters. The maximum absolute atomic E-state index is 8.69. The minimum atomic E-state index is -0.0370. The van der Waals surface area contributed by atoms with Crippen molar-refractivity contribution in [3.63, 3.8) is 0 Å². The first kappa shape index (κ1) is 18.3. The van der Waals surface area contributed by atoms with Gasteiger partial charge in [0.05, 0.1) is 6.10 Å². The predicted molar refractivity (Wildman–Crippen MR) is 95.9 cm³/mol.